The van der Waals surface area contributed by atoms with Gasteiger partial charge in [0.05, 0.1) is 15.9 Å². The maximum absolute atomic E-state index is 12.3. The van der Waals surface area contributed by atoms with E-state index in [1.54, 1.807) is 46.9 Å². The average Bonchev–Trinajstić information content (AvgIpc) is 3.26. The van der Waals surface area contributed by atoms with Crippen molar-refractivity contribution in [1.29, 1.82) is 0 Å². The highest BCUT2D eigenvalue weighted by atomic mass is 32.1. The molecule has 0 N–H and O–H groups in total. The van der Waals surface area contributed by atoms with E-state index in [4.69, 9.17) is 0 Å². The summed E-state index contributed by atoms with van der Waals surface area (Å²) in [5, 5.41) is 6.65. The van der Waals surface area contributed by atoms with Gasteiger partial charge in [0.15, 0.2) is 0 Å². The zero-order chi connectivity index (χ0) is 19.6. The summed E-state index contributed by atoms with van der Waals surface area (Å²) < 4.78 is 2.76. The summed E-state index contributed by atoms with van der Waals surface area (Å²) in [6.45, 7) is 2.49. The van der Waals surface area contributed by atoms with Gasteiger partial charge in [-0.1, -0.05) is 0 Å². The van der Waals surface area contributed by atoms with Crippen molar-refractivity contribution in [3.63, 3.8) is 0 Å². The summed E-state index contributed by atoms with van der Waals surface area (Å²) in [6.07, 6.45) is 7.12. The minimum Gasteiger partial charge on any atom is -0.355 e. The first-order valence-electron chi connectivity index (χ1n) is 9.69. The molecule has 0 unspecified atom stereocenters. The van der Waals surface area contributed by atoms with Gasteiger partial charge in [-0.2, -0.15) is 5.10 Å². The summed E-state index contributed by atoms with van der Waals surface area (Å²) in [6, 6.07) is 9.22. The molecule has 146 valence electrons. The number of pyridine rings is 1. The van der Waals surface area contributed by atoms with E-state index in [0.717, 1.165) is 53.2 Å². The van der Waals surface area contributed by atoms with Crippen LogP contribution in [-0.2, 0) is 6.54 Å². The van der Waals surface area contributed by atoms with E-state index in [0.29, 0.717) is 12.5 Å². The number of fused-ring (bicyclic) bond motifs is 1. The smallest absolute Gasteiger partial charge is 0.266 e. The van der Waals surface area contributed by atoms with E-state index < -0.39 is 0 Å². The van der Waals surface area contributed by atoms with Crippen LogP contribution >= 0.6 is 11.3 Å². The van der Waals surface area contributed by atoms with E-state index in [2.05, 4.69) is 30.3 Å². The number of anilines is 1. The minimum absolute atomic E-state index is 0.0543. The molecular weight excluding hydrogens is 384 g/mol. The maximum atomic E-state index is 12.3. The van der Waals surface area contributed by atoms with Crippen LogP contribution in [-0.4, -0.2) is 37.8 Å². The van der Waals surface area contributed by atoms with Crippen molar-refractivity contribution in [3.05, 3.63) is 64.8 Å². The first-order valence-corrected chi connectivity index (χ1v) is 10.6. The molecule has 1 aliphatic heterocycles. The maximum Gasteiger partial charge on any atom is 0.266 e. The van der Waals surface area contributed by atoms with Crippen molar-refractivity contribution < 1.29 is 0 Å². The number of piperidine rings is 1. The lowest BCUT2D eigenvalue weighted by molar-refractivity contribution is 0.335. The minimum atomic E-state index is -0.0543. The van der Waals surface area contributed by atoms with E-state index in [9.17, 15) is 4.79 Å². The molecule has 0 spiro atoms. The largest absolute Gasteiger partial charge is 0.355 e. The van der Waals surface area contributed by atoms with E-state index >= 15 is 0 Å². The Bertz CT molecular complexity index is 1180. The van der Waals surface area contributed by atoms with Crippen LogP contribution in [0.1, 0.15) is 12.8 Å². The van der Waals surface area contributed by atoms with E-state index in [1.165, 1.54) is 0 Å². The van der Waals surface area contributed by atoms with Gasteiger partial charge in [0, 0.05) is 43.7 Å². The van der Waals surface area contributed by atoms with Gasteiger partial charge in [-0.3, -0.25) is 9.78 Å². The molecule has 5 rings (SSSR count). The number of hydrogen-bond acceptors (Lipinski definition) is 7. The van der Waals surface area contributed by atoms with Crippen LogP contribution in [0.4, 0.5) is 5.82 Å². The molecule has 1 aliphatic rings. The molecule has 29 heavy (non-hydrogen) atoms. The molecule has 0 amide bonds. The number of rotatable bonds is 4. The quantitative estimate of drug-likeness (QED) is 0.520. The molecular formula is C21H20N6OS. The van der Waals surface area contributed by atoms with Crippen molar-refractivity contribution >= 4 is 27.4 Å². The molecule has 0 radical (unpaired) electrons. The van der Waals surface area contributed by atoms with Gasteiger partial charge in [-0.25, -0.2) is 14.6 Å². The van der Waals surface area contributed by atoms with Crippen LogP contribution in [0.2, 0.25) is 0 Å². The Labute approximate surface area is 171 Å². The second-order valence-electron chi connectivity index (χ2n) is 7.24. The fraction of sp³-hybridized carbons (Fsp3) is 0.286. The monoisotopic (exact) mass is 404 g/mol. The van der Waals surface area contributed by atoms with Gasteiger partial charge < -0.3 is 4.90 Å². The third-order valence-corrected chi connectivity index (χ3v) is 6.31. The normalized spacial score (nSPS) is 15.1. The summed E-state index contributed by atoms with van der Waals surface area (Å²) in [4.78, 5) is 27.6. The zero-order valence-corrected chi connectivity index (χ0v) is 16.6. The second-order valence-corrected chi connectivity index (χ2v) is 8.15. The first-order chi connectivity index (χ1) is 14.3. The van der Waals surface area contributed by atoms with E-state index in [-0.39, 0.29) is 5.56 Å². The Kier molecular flexibility index (Phi) is 4.77. The lowest BCUT2D eigenvalue weighted by Gasteiger charge is -2.32. The van der Waals surface area contributed by atoms with Crippen LogP contribution in [0.3, 0.4) is 0 Å². The van der Waals surface area contributed by atoms with Crippen molar-refractivity contribution in [3.8, 4) is 11.3 Å². The molecule has 8 heteroatoms. The van der Waals surface area contributed by atoms with Crippen LogP contribution in [0.5, 0.6) is 0 Å². The van der Waals surface area contributed by atoms with Crippen molar-refractivity contribution in [2.24, 2.45) is 5.92 Å². The molecule has 4 aromatic heterocycles. The molecule has 0 saturated carbocycles. The van der Waals surface area contributed by atoms with Crippen LogP contribution < -0.4 is 10.5 Å². The summed E-state index contributed by atoms with van der Waals surface area (Å²) in [5.74, 6) is 1.45. The van der Waals surface area contributed by atoms with Crippen LogP contribution in [0, 0.1) is 5.92 Å². The number of thiophene rings is 1. The lowest BCUT2D eigenvalue weighted by Crippen LogP contribution is -2.37. The molecule has 1 fully saturated rings. The van der Waals surface area contributed by atoms with Crippen molar-refractivity contribution in [1.82, 2.24) is 24.7 Å². The zero-order valence-electron chi connectivity index (χ0n) is 15.8. The lowest BCUT2D eigenvalue weighted by atomic mass is 9.97. The first kappa shape index (κ1) is 17.9. The fourth-order valence-corrected chi connectivity index (χ4v) is 4.69. The van der Waals surface area contributed by atoms with Gasteiger partial charge in [0.2, 0.25) is 0 Å². The van der Waals surface area contributed by atoms with E-state index in [1.807, 2.05) is 18.2 Å². The van der Waals surface area contributed by atoms with Gasteiger partial charge in [-0.15, -0.1) is 11.3 Å². The third-order valence-electron chi connectivity index (χ3n) is 5.41. The predicted molar refractivity (Wildman–Crippen MR) is 114 cm³/mol. The number of aromatic nitrogens is 5. The molecule has 0 atom stereocenters. The second kappa shape index (κ2) is 7.71. The van der Waals surface area contributed by atoms with Crippen LogP contribution in [0.25, 0.3) is 21.5 Å². The predicted octanol–water partition coefficient (Wildman–Crippen LogP) is 3.23. The molecule has 7 nitrogen and oxygen atoms in total. The Morgan fingerprint density at radius 1 is 1.03 bits per heavy atom. The number of nitrogens with zero attached hydrogens (tertiary/aromatic N) is 6. The molecule has 4 aromatic rings. The molecule has 5 heterocycles. The molecule has 0 bridgehead atoms. The molecule has 1 saturated heterocycles. The van der Waals surface area contributed by atoms with Gasteiger partial charge in [0.1, 0.15) is 12.1 Å². The Morgan fingerprint density at radius 3 is 2.69 bits per heavy atom. The van der Waals surface area contributed by atoms with Gasteiger partial charge in [-0.05, 0) is 48.4 Å². The summed E-state index contributed by atoms with van der Waals surface area (Å²) in [7, 11) is 0. The van der Waals surface area contributed by atoms with Crippen molar-refractivity contribution in [2.75, 3.05) is 18.0 Å². The van der Waals surface area contributed by atoms with Gasteiger partial charge >= 0.3 is 0 Å². The average molecular weight is 404 g/mol. The Balaban J connectivity index is 1.30. The SMILES string of the molecule is O=c1ccc(-c2ccncc2)nn1CC1CCN(c2ncnc3ccsc23)CC1. The topological polar surface area (TPSA) is 76.8 Å². The standard InChI is InChI=1S/C21H20N6OS/c28-19-2-1-17(16-3-8-22-9-4-16)25-27(19)13-15-5-10-26(11-6-15)21-20-18(7-12-29-20)23-14-24-21/h1-4,7-9,12,14-15H,5-6,10-11,13H2. The molecule has 0 aromatic carbocycles. The number of hydrogen-bond donors (Lipinski definition) is 0. The third kappa shape index (κ3) is 3.63. The Morgan fingerprint density at radius 2 is 1.86 bits per heavy atom. The van der Waals surface area contributed by atoms with Crippen LogP contribution in [0.15, 0.2) is 59.2 Å². The fourth-order valence-electron chi connectivity index (χ4n) is 3.83. The van der Waals surface area contributed by atoms with Crippen molar-refractivity contribution in [2.45, 2.75) is 19.4 Å². The highest BCUT2D eigenvalue weighted by Crippen LogP contribution is 2.31. The summed E-state index contributed by atoms with van der Waals surface area (Å²) >= 11 is 1.69. The summed E-state index contributed by atoms with van der Waals surface area (Å²) in [5.41, 5.74) is 2.71. The Hall–Kier alpha value is -3.13. The van der Waals surface area contributed by atoms with Gasteiger partial charge in [0.25, 0.3) is 5.56 Å². The molecule has 0 aliphatic carbocycles. The highest BCUT2D eigenvalue weighted by molar-refractivity contribution is 7.17. The highest BCUT2D eigenvalue weighted by Gasteiger charge is 2.23.